The van der Waals surface area contributed by atoms with Gasteiger partial charge in [-0.1, -0.05) is 51.4 Å². The van der Waals surface area contributed by atoms with Gasteiger partial charge in [0.25, 0.3) is 0 Å². The Morgan fingerprint density at radius 1 is 0.600 bits per heavy atom. The molecule has 114 valence electrons. The van der Waals surface area contributed by atoms with E-state index in [4.69, 9.17) is 0 Å². The topological polar surface area (TPSA) is 20.3 Å². The molecule has 20 heavy (non-hydrogen) atoms. The Bertz CT molecular complexity index is 299. The summed E-state index contributed by atoms with van der Waals surface area (Å²) in [5.74, 6) is 0.533. The number of carbonyl (C=O) groups excluding carboxylic acids is 1. The fraction of sp³-hybridized carbons (Fsp3) is 0.944. The molecule has 2 unspecified atom stereocenters. The van der Waals surface area contributed by atoms with Gasteiger partial charge < -0.3 is 0 Å². The van der Waals surface area contributed by atoms with Gasteiger partial charge in [0.1, 0.15) is 5.78 Å². The molecule has 3 fully saturated rings. The smallest absolute Gasteiger partial charge is 0.136 e. The molecular formula is C18H31NO. The first kappa shape index (κ1) is 14.6. The maximum absolute atomic E-state index is 11.8. The Morgan fingerprint density at radius 2 is 1.05 bits per heavy atom. The fourth-order valence-electron chi connectivity index (χ4n) is 4.86. The standard InChI is InChI=1S/C18H31NO/c20-18-13-16-11-12-17(14-18)19(16)15-9-7-5-3-1-2-4-6-8-10-15/h15-17H,1-14H2. The van der Waals surface area contributed by atoms with E-state index in [1.165, 1.54) is 77.0 Å². The van der Waals surface area contributed by atoms with Crippen LogP contribution in [-0.2, 0) is 4.79 Å². The van der Waals surface area contributed by atoms with Crippen LogP contribution in [0.1, 0.15) is 89.9 Å². The highest BCUT2D eigenvalue weighted by atomic mass is 16.1. The van der Waals surface area contributed by atoms with E-state index in [0.29, 0.717) is 17.9 Å². The summed E-state index contributed by atoms with van der Waals surface area (Å²) in [5.41, 5.74) is 0. The summed E-state index contributed by atoms with van der Waals surface area (Å²) >= 11 is 0. The van der Waals surface area contributed by atoms with Crippen molar-refractivity contribution in [3.05, 3.63) is 0 Å². The summed E-state index contributed by atoms with van der Waals surface area (Å²) in [6.45, 7) is 0. The number of rotatable bonds is 1. The van der Waals surface area contributed by atoms with Gasteiger partial charge >= 0.3 is 0 Å². The largest absolute Gasteiger partial charge is 0.300 e. The second-order valence-corrected chi connectivity index (χ2v) is 7.34. The summed E-state index contributed by atoms with van der Waals surface area (Å²) in [4.78, 5) is 14.6. The average molecular weight is 277 g/mol. The number of ketones is 1. The monoisotopic (exact) mass is 277 g/mol. The lowest BCUT2D eigenvalue weighted by Crippen LogP contribution is -2.49. The average Bonchev–Trinajstić information content (AvgIpc) is 2.70. The molecule has 3 aliphatic rings. The molecule has 0 N–H and O–H groups in total. The van der Waals surface area contributed by atoms with Crippen LogP contribution >= 0.6 is 0 Å². The lowest BCUT2D eigenvalue weighted by molar-refractivity contribution is -0.124. The number of hydrogen-bond acceptors (Lipinski definition) is 2. The van der Waals surface area contributed by atoms with Crippen LogP contribution in [0.3, 0.4) is 0 Å². The first-order valence-corrected chi connectivity index (χ1v) is 9.14. The van der Waals surface area contributed by atoms with Gasteiger partial charge in [0.2, 0.25) is 0 Å². The lowest BCUT2D eigenvalue weighted by atomic mass is 9.94. The minimum atomic E-state index is 0.533. The van der Waals surface area contributed by atoms with Crippen molar-refractivity contribution in [1.82, 2.24) is 4.90 Å². The van der Waals surface area contributed by atoms with Crippen molar-refractivity contribution in [2.24, 2.45) is 0 Å². The van der Waals surface area contributed by atoms with Crippen LogP contribution in [0.25, 0.3) is 0 Å². The highest BCUT2D eigenvalue weighted by molar-refractivity contribution is 5.81. The molecule has 2 bridgehead atoms. The van der Waals surface area contributed by atoms with Crippen LogP contribution in [0.15, 0.2) is 0 Å². The third-order valence-corrected chi connectivity index (χ3v) is 5.85. The Morgan fingerprint density at radius 3 is 1.55 bits per heavy atom. The van der Waals surface area contributed by atoms with E-state index < -0.39 is 0 Å². The summed E-state index contributed by atoms with van der Waals surface area (Å²) < 4.78 is 0. The van der Waals surface area contributed by atoms with Crippen molar-refractivity contribution in [2.75, 3.05) is 0 Å². The predicted molar refractivity (Wildman–Crippen MR) is 82.8 cm³/mol. The van der Waals surface area contributed by atoms with E-state index >= 15 is 0 Å². The van der Waals surface area contributed by atoms with Crippen LogP contribution in [-0.4, -0.2) is 28.8 Å². The predicted octanol–water partition coefficient (Wildman–Crippen LogP) is 4.47. The molecule has 2 heterocycles. The van der Waals surface area contributed by atoms with E-state index in [1.54, 1.807) is 0 Å². The summed E-state index contributed by atoms with van der Waals surface area (Å²) in [6.07, 6.45) is 18.5. The van der Waals surface area contributed by atoms with Gasteiger partial charge in [-0.3, -0.25) is 9.69 Å². The highest BCUT2D eigenvalue weighted by Gasteiger charge is 2.42. The molecule has 1 saturated carbocycles. The van der Waals surface area contributed by atoms with Crippen LogP contribution in [0.5, 0.6) is 0 Å². The van der Waals surface area contributed by atoms with Gasteiger partial charge in [0, 0.05) is 31.0 Å². The molecule has 0 radical (unpaired) electrons. The summed E-state index contributed by atoms with van der Waals surface area (Å²) in [7, 11) is 0. The third kappa shape index (κ3) is 3.44. The molecule has 2 saturated heterocycles. The van der Waals surface area contributed by atoms with Crippen LogP contribution < -0.4 is 0 Å². The summed E-state index contributed by atoms with van der Waals surface area (Å²) in [5, 5.41) is 0. The van der Waals surface area contributed by atoms with Crippen molar-refractivity contribution in [2.45, 2.75) is 108 Å². The Labute approximate surface area is 124 Å². The number of carbonyl (C=O) groups is 1. The molecule has 3 rings (SSSR count). The summed E-state index contributed by atoms with van der Waals surface area (Å²) in [6, 6.07) is 2.01. The maximum atomic E-state index is 11.8. The van der Waals surface area contributed by atoms with Crippen molar-refractivity contribution >= 4 is 5.78 Å². The molecule has 0 aromatic carbocycles. The number of piperidine rings is 1. The van der Waals surface area contributed by atoms with Gasteiger partial charge in [-0.15, -0.1) is 0 Å². The molecule has 2 aliphatic heterocycles. The molecule has 2 nitrogen and oxygen atoms in total. The maximum Gasteiger partial charge on any atom is 0.136 e. The number of fused-ring (bicyclic) bond motifs is 2. The van der Waals surface area contributed by atoms with Gasteiger partial charge in [0.15, 0.2) is 0 Å². The second-order valence-electron chi connectivity index (χ2n) is 7.34. The first-order chi connectivity index (χ1) is 9.84. The van der Waals surface area contributed by atoms with Gasteiger partial charge in [-0.2, -0.15) is 0 Å². The number of nitrogens with zero attached hydrogens (tertiary/aromatic N) is 1. The zero-order valence-electron chi connectivity index (χ0n) is 13.0. The SMILES string of the molecule is O=C1CC2CCC(C1)N2C1CCCCCCCCCC1. The van der Waals surface area contributed by atoms with Crippen LogP contribution in [0, 0.1) is 0 Å². The van der Waals surface area contributed by atoms with Crippen LogP contribution in [0.2, 0.25) is 0 Å². The third-order valence-electron chi connectivity index (χ3n) is 5.85. The molecular weight excluding hydrogens is 246 g/mol. The Balaban J connectivity index is 1.62. The van der Waals surface area contributed by atoms with E-state index in [1.807, 2.05) is 0 Å². The zero-order chi connectivity index (χ0) is 13.8. The van der Waals surface area contributed by atoms with Crippen molar-refractivity contribution in [3.63, 3.8) is 0 Å². The van der Waals surface area contributed by atoms with E-state index in [9.17, 15) is 4.79 Å². The molecule has 2 atom stereocenters. The molecule has 0 aromatic rings. The fourth-order valence-corrected chi connectivity index (χ4v) is 4.86. The van der Waals surface area contributed by atoms with Gasteiger partial charge in [-0.25, -0.2) is 0 Å². The van der Waals surface area contributed by atoms with Crippen molar-refractivity contribution in [1.29, 1.82) is 0 Å². The number of hydrogen-bond donors (Lipinski definition) is 0. The molecule has 0 spiro atoms. The molecule has 0 amide bonds. The van der Waals surface area contributed by atoms with Gasteiger partial charge in [-0.05, 0) is 25.7 Å². The molecule has 2 heteroatoms. The van der Waals surface area contributed by atoms with Crippen molar-refractivity contribution < 1.29 is 4.79 Å². The zero-order valence-corrected chi connectivity index (χ0v) is 13.0. The van der Waals surface area contributed by atoms with Crippen molar-refractivity contribution in [3.8, 4) is 0 Å². The normalized spacial score (nSPS) is 34.9. The molecule has 0 aromatic heterocycles. The first-order valence-electron chi connectivity index (χ1n) is 9.14. The highest BCUT2D eigenvalue weighted by Crippen LogP contribution is 2.38. The van der Waals surface area contributed by atoms with Gasteiger partial charge in [0.05, 0.1) is 0 Å². The quantitative estimate of drug-likeness (QED) is 0.705. The minimum Gasteiger partial charge on any atom is -0.300 e. The lowest BCUT2D eigenvalue weighted by Gasteiger charge is -2.40. The second kappa shape index (κ2) is 7.06. The van der Waals surface area contributed by atoms with E-state index in [2.05, 4.69) is 4.90 Å². The Hall–Kier alpha value is -0.370. The molecule has 1 aliphatic carbocycles. The minimum absolute atomic E-state index is 0.533. The van der Waals surface area contributed by atoms with E-state index in [0.717, 1.165) is 18.9 Å². The Kier molecular flexibility index (Phi) is 5.14. The number of Topliss-reactive ketones (excluding diaryl/α,β-unsaturated/α-hetero) is 1. The van der Waals surface area contributed by atoms with Crippen LogP contribution in [0.4, 0.5) is 0 Å². The van der Waals surface area contributed by atoms with E-state index in [-0.39, 0.29) is 0 Å².